The van der Waals surface area contributed by atoms with Gasteiger partial charge < -0.3 is 25.0 Å². The molecular weight excluding hydrogens is 398 g/mol. The van der Waals surface area contributed by atoms with Crippen molar-refractivity contribution >= 4 is 5.91 Å². The predicted octanol–water partition coefficient (Wildman–Crippen LogP) is 2.25. The third kappa shape index (κ3) is 4.14. The lowest BCUT2D eigenvalue weighted by Gasteiger charge is -2.19. The number of aromatic amines is 2. The van der Waals surface area contributed by atoms with Crippen LogP contribution in [0, 0.1) is 0 Å². The van der Waals surface area contributed by atoms with Crippen molar-refractivity contribution in [3.8, 4) is 17.2 Å². The molecule has 0 aliphatic carbocycles. The highest BCUT2D eigenvalue weighted by molar-refractivity contribution is 5.76. The molecule has 0 bridgehead atoms. The number of carbonyl (C=O) groups excluding carboxylic acids is 1. The first-order chi connectivity index (χ1) is 15.0. The maximum atomic E-state index is 12.8. The maximum absolute atomic E-state index is 12.8. The van der Waals surface area contributed by atoms with E-state index >= 15 is 0 Å². The number of H-pyrrole nitrogens is 2. The fourth-order valence-corrected chi connectivity index (χ4v) is 4.14. The van der Waals surface area contributed by atoms with E-state index in [1.54, 1.807) is 25.3 Å². The molecule has 1 atom stereocenters. The number of primary amides is 1. The number of amides is 1. The highest BCUT2D eigenvalue weighted by Gasteiger charge is 2.27. The molecule has 162 valence electrons. The van der Waals surface area contributed by atoms with Gasteiger partial charge in [0.15, 0.2) is 0 Å². The lowest BCUT2D eigenvalue weighted by Crippen LogP contribution is -2.21. The Labute approximate surface area is 179 Å². The van der Waals surface area contributed by atoms with Gasteiger partial charge in [0.25, 0.3) is 5.56 Å². The van der Waals surface area contributed by atoms with Gasteiger partial charge in [-0.25, -0.2) is 0 Å². The summed E-state index contributed by atoms with van der Waals surface area (Å²) in [6.45, 7) is 0.684. The SMILES string of the molecule is COc1ccc([C@H](CC(N)=O)c2c(Cc3ccc4c(c3)CCO4)[nH][nH]c2=O)c(OC)c1. The number of hydrogen-bond donors (Lipinski definition) is 3. The van der Waals surface area contributed by atoms with Gasteiger partial charge in [-0.05, 0) is 23.3 Å². The molecule has 4 N–H and O–H groups in total. The Bertz CT molecular complexity index is 1160. The summed E-state index contributed by atoms with van der Waals surface area (Å²) in [6.07, 6.45) is 1.33. The molecule has 4 rings (SSSR count). The molecule has 0 saturated heterocycles. The highest BCUT2D eigenvalue weighted by Crippen LogP contribution is 2.37. The number of nitrogens with two attached hydrogens (primary N) is 1. The number of benzene rings is 2. The summed E-state index contributed by atoms with van der Waals surface area (Å²) in [6, 6.07) is 11.3. The Hall–Kier alpha value is -3.68. The summed E-state index contributed by atoms with van der Waals surface area (Å²) < 4.78 is 16.4. The number of hydrogen-bond acceptors (Lipinski definition) is 5. The van der Waals surface area contributed by atoms with E-state index in [2.05, 4.69) is 16.3 Å². The lowest BCUT2D eigenvalue weighted by atomic mass is 9.86. The Kier molecular flexibility index (Phi) is 5.70. The van der Waals surface area contributed by atoms with Crippen molar-refractivity contribution in [2.75, 3.05) is 20.8 Å². The standard InChI is InChI=1S/C23H25N3O5/c1-29-15-4-5-16(20(11-15)30-2)17(12-21(24)27)22-18(25-26-23(22)28)10-13-3-6-19-14(9-13)7-8-31-19/h3-6,9,11,17H,7-8,10,12H2,1-2H3,(H2,24,27)(H2,25,26,28)/t17-/m0/s1. The summed E-state index contributed by atoms with van der Waals surface area (Å²) in [5, 5.41) is 5.66. The molecule has 1 aliphatic rings. The van der Waals surface area contributed by atoms with E-state index in [0.717, 1.165) is 23.3 Å². The zero-order valence-corrected chi connectivity index (χ0v) is 17.5. The van der Waals surface area contributed by atoms with Gasteiger partial charge in [-0.2, -0.15) is 0 Å². The molecule has 2 aromatic carbocycles. The summed E-state index contributed by atoms with van der Waals surface area (Å²) in [4.78, 5) is 24.7. The quantitative estimate of drug-likeness (QED) is 0.513. The van der Waals surface area contributed by atoms with E-state index in [1.807, 2.05) is 12.1 Å². The second-order valence-electron chi connectivity index (χ2n) is 7.52. The van der Waals surface area contributed by atoms with E-state index < -0.39 is 11.8 Å². The monoisotopic (exact) mass is 423 g/mol. The molecule has 1 amide bonds. The molecule has 31 heavy (non-hydrogen) atoms. The van der Waals surface area contributed by atoms with Crippen LogP contribution in [0.3, 0.4) is 0 Å². The first kappa shape index (κ1) is 20.6. The van der Waals surface area contributed by atoms with Gasteiger partial charge >= 0.3 is 0 Å². The van der Waals surface area contributed by atoms with E-state index in [0.29, 0.717) is 41.3 Å². The smallest absolute Gasteiger partial charge is 0.267 e. The van der Waals surface area contributed by atoms with Gasteiger partial charge in [-0.3, -0.25) is 14.7 Å². The first-order valence-corrected chi connectivity index (χ1v) is 10.0. The molecule has 1 aliphatic heterocycles. The molecule has 0 saturated carbocycles. The van der Waals surface area contributed by atoms with Crippen LogP contribution >= 0.6 is 0 Å². The minimum Gasteiger partial charge on any atom is -0.497 e. The van der Waals surface area contributed by atoms with Crippen molar-refractivity contribution < 1.29 is 19.0 Å². The second kappa shape index (κ2) is 8.59. The Morgan fingerprint density at radius 2 is 2.00 bits per heavy atom. The van der Waals surface area contributed by atoms with Gasteiger partial charge in [-0.1, -0.05) is 18.2 Å². The maximum Gasteiger partial charge on any atom is 0.267 e. The summed E-state index contributed by atoms with van der Waals surface area (Å²) in [5.41, 5.74) is 9.33. The van der Waals surface area contributed by atoms with E-state index in [-0.39, 0.29) is 12.0 Å². The van der Waals surface area contributed by atoms with E-state index in [1.165, 1.54) is 7.11 Å². The van der Waals surface area contributed by atoms with Crippen LogP contribution in [0.4, 0.5) is 0 Å². The third-order valence-electron chi connectivity index (χ3n) is 5.60. The molecule has 2 heterocycles. The number of aromatic nitrogens is 2. The molecule has 1 aromatic heterocycles. The van der Waals surface area contributed by atoms with Crippen LogP contribution in [0.15, 0.2) is 41.2 Å². The Morgan fingerprint density at radius 3 is 2.74 bits per heavy atom. The largest absolute Gasteiger partial charge is 0.497 e. The first-order valence-electron chi connectivity index (χ1n) is 10.0. The van der Waals surface area contributed by atoms with E-state index in [4.69, 9.17) is 19.9 Å². The number of methoxy groups -OCH3 is 2. The molecule has 0 radical (unpaired) electrons. The zero-order valence-electron chi connectivity index (χ0n) is 17.5. The number of ether oxygens (including phenoxy) is 3. The molecule has 8 heteroatoms. The number of fused-ring (bicyclic) bond motifs is 1. The summed E-state index contributed by atoms with van der Waals surface area (Å²) in [5.74, 6) is 0.958. The Morgan fingerprint density at radius 1 is 1.16 bits per heavy atom. The normalized spacial score (nSPS) is 13.4. The fraction of sp³-hybridized carbons (Fsp3) is 0.304. The number of nitrogens with one attached hydrogen (secondary N) is 2. The lowest BCUT2D eigenvalue weighted by molar-refractivity contribution is -0.118. The van der Waals surface area contributed by atoms with Gasteiger partial charge in [-0.15, -0.1) is 0 Å². The van der Waals surface area contributed by atoms with Gasteiger partial charge in [0.05, 0.1) is 20.8 Å². The summed E-state index contributed by atoms with van der Waals surface area (Å²) >= 11 is 0. The van der Waals surface area contributed by atoms with Crippen LogP contribution < -0.4 is 25.5 Å². The molecule has 3 aromatic rings. The van der Waals surface area contributed by atoms with Gasteiger partial charge in [0.2, 0.25) is 5.91 Å². The van der Waals surface area contributed by atoms with Crippen molar-refractivity contribution in [2.45, 2.75) is 25.2 Å². The average molecular weight is 423 g/mol. The second-order valence-corrected chi connectivity index (χ2v) is 7.52. The molecule has 0 unspecified atom stereocenters. The zero-order chi connectivity index (χ0) is 22.0. The number of rotatable bonds is 8. The minimum absolute atomic E-state index is 0.0331. The van der Waals surface area contributed by atoms with Crippen LogP contribution in [0.5, 0.6) is 17.2 Å². The van der Waals surface area contributed by atoms with Crippen LogP contribution in [0.25, 0.3) is 0 Å². The number of carbonyl (C=O) groups is 1. The van der Waals surface area contributed by atoms with Crippen LogP contribution in [-0.4, -0.2) is 36.9 Å². The fourth-order valence-electron chi connectivity index (χ4n) is 4.14. The average Bonchev–Trinajstić information content (AvgIpc) is 3.37. The van der Waals surface area contributed by atoms with Crippen molar-refractivity contribution in [3.63, 3.8) is 0 Å². The van der Waals surface area contributed by atoms with Crippen LogP contribution in [0.2, 0.25) is 0 Å². The van der Waals surface area contributed by atoms with Gasteiger partial charge in [0, 0.05) is 48.1 Å². The summed E-state index contributed by atoms with van der Waals surface area (Å²) in [7, 11) is 3.10. The van der Waals surface area contributed by atoms with Crippen molar-refractivity contribution in [3.05, 3.63) is 74.7 Å². The molecular formula is C23H25N3O5. The van der Waals surface area contributed by atoms with E-state index in [9.17, 15) is 9.59 Å². The Balaban J connectivity index is 1.76. The van der Waals surface area contributed by atoms with Gasteiger partial charge in [0.1, 0.15) is 17.2 Å². The highest BCUT2D eigenvalue weighted by atomic mass is 16.5. The minimum atomic E-state index is -0.568. The molecule has 0 spiro atoms. The third-order valence-corrected chi connectivity index (χ3v) is 5.60. The van der Waals surface area contributed by atoms with Crippen molar-refractivity contribution in [1.29, 1.82) is 0 Å². The molecule has 8 nitrogen and oxygen atoms in total. The van der Waals surface area contributed by atoms with Crippen molar-refractivity contribution in [2.24, 2.45) is 5.73 Å². The van der Waals surface area contributed by atoms with Crippen LogP contribution in [-0.2, 0) is 17.6 Å². The predicted molar refractivity (Wildman–Crippen MR) is 115 cm³/mol. The van der Waals surface area contributed by atoms with Crippen LogP contribution in [0.1, 0.15) is 40.3 Å². The molecule has 0 fully saturated rings. The topological polar surface area (TPSA) is 119 Å². The van der Waals surface area contributed by atoms with Crippen molar-refractivity contribution in [1.82, 2.24) is 10.2 Å².